The van der Waals surface area contributed by atoms with Crippen LogP contribution in [0.15, 0.2) is 36.5 Å². The van der Waals surface area contributed by atoms with Crippen molar-refractivity contribution in [2.75, 3.05) is 0 Å². The van der Waals surface area contributed by atoms with Crippen LogP contribution in [0.5, 0.6) is 0 Å². The van der Waals surface area contributed by atoms with Gasteiger partial charge in [0.25, 0.3) is 0 Å². The second-order valence-corrected chi connectivity index (χ2v) is 5.41. The van der Waals surface area contributed by atoms with Crippen molar-refractivity contribution in [1.29, 1.82) is 5.26 Å². The van der Waals surface area contributed by atoms with E-state index >= 15 is 0 Å². The largest absolute Gasteiger partial charge is 0.308 e. The van der Waals surface area contributed by atoms with E-state index in [0.717, 1.165) is 30.6 Å². The molecule has 3 nitrogen and oxygen atoms in total. The molecular formula is C17H17N3. The van der Waals surface area contributed by atoms with Crippen LogP contribution in [-0.2, 0) is 19.4 Å². The molecule has 2 aromatic rings. The van der Waals surface area contributed by atoms with Gasteiger partial charge in [0.1, 0.15) is 0 Å². The van der Waals surface area contributed by atoms with Gasteiger partial charge >= 0.3 is 0 Å². The fourth-order valence-corrected chi connectivity index (χ4v) is 2.68. The van der Waals surface area contributed by atoms with Crippen molar-refractivity contribution in [2.24, 2.45) is 0 Å². The molecule has 3 heteroatoms. The zero-order valence-corrected chi connectivity index (χ0v) is 11.6. The predicted molar refractivity (Wildman–Crippen MR) is 78.2 cm³/mol. The number of benzene rings is 1. The summed E-state index contributed by atoms with van der Waals surface area (Å²) in [5, 5.41) is 12.5. The molecule has 1 unspecified atom stereocenters. The lowest BCUT2D eigenvalue weighted by Crippen LogP contribution is -2.29. The molecule has 1 aliphatic carbocycles. The smallest absolute Gasteiger partial charge is 0.0991 e. The first-order chi connectivity index (χ1) is 9.74. The number of hydrogen-bond donors (Lipinski definition) is 1. The molecule has 20 heavy (non-hydrogen) atoms. The summed E-state index contributed by atoms with van der Waals surface area (Å²) in [6.07, 6.45) is 3.93. The van der Waals surface area contributed by atoms with Crippen molar-refractivity contribution >= 4 is 0 Å². The molecule has 1 aromatic carbocycles. The maximum absolute atomic E-state index is 8.94. The molecule has 0 bridgehead atoms. The van der Waals surface area contributed by atoms with Crippen LogP contribution in [-0.4, -0.2) is 11.0 Å². The van der Waals surface area contributed by atoms with E-state index in [-0.39, 0.29) is 0 Å². The van der Waals surface area contributed by atoms with E-state index < -0.39 is 0 Å². The van der Waals surface area contributed by atoms with Gasteiger partial charge in [-0.1, -0.05) is 12.1 Å². The van der Waals surface area contributed by atoms with Crippen LogP contribution in [0.1, 0.15) is 27.9 Å². The van der Waals surface area contributed by atoms with Crippen LogP contribution < -0.4 is 5.32 Å². The third-order valence-electron chi connectivity index (χ3n) is 3.81. The van der Waals surface area contributed by atoms with Gasteiger partial charge in [-0.15, -0.1) is 0 Å². The maximum atomic E-state index is 8.94. The van der Waals surface area contributed by atoms with E-state index in [9.17, 15) is 0 Å². The van der Waals surface area contributed by atoms with Gasteiger partial charge in [-0.25, -0.2) is 0 Å². The highest BCUT2D eigenvalue weighted by molar-refractivity contribution is 5.41. The van der Waals surface area contributed by atoms with E-state index in [4.69, 9.17) is 5.26 Å². The number of nitrogens with zero attached hydrogens (tertiary/aromatic N) is 2. The quantitative estimate of drug-likeness (QED) is 0.925. The van der Waals surface area contributed by atoms with Crippen molar-refractivity contribution in [1.82, 2.24) is 10.3 Å². The minimum atomic E-state index is 0.446. The summed E-state index contributed by atoms with van der Waals surface area (Å²) in [5.74, 6) is 0. The predicted octanol–water partition coefficient (Wildman–Crippen LogP) is 2.52. The molecule has 0 saturated carbocycles. The van der Waals surface area contributed by atoms with Crippen LogP contribution in [0.4, 0.5) is 0 Å². The van der Waals surface area contributed by atoms with Crippen molar-refractivity contribution in [2.45, 2.75) is 32.4 Å². The van der Waals surface area contributed by atoms with Crippen molar-refractivity contribution < 1.29 is 0 Å². The first kappa shape index (κ1) is 12.8. The topological polar surface area (TPSA) is 48.7 Å². The number of hydrogen-bond acceptors (Lipinski definition) is 3. The number of pyridine rings is 1. The number of aromatic nitrogens is 1. The molecule has 0 saturated heterocycles. The summed E-state index contributed by atoms with van der Waals surface area (Å²) in [6.45, 7) is 2.84. The Balaban J connectivity index is 1.61. The Hall–Kier alpha value is -2.18. The van der Waals surface area contributed by atoms with Gasteiger partial charge in [-0.3, -0.25) is 4.98 Å². The van der Waals surface area contributed by atoms with Crippen LogP contribution in [0.2, 0.25) is 0 Å². The number of nitriles is 1. The zero-order chi connectivity index (χ0) is 13.9. The van der Waals surface area contributed by atoms with Gasteiger partial charge in [-0.2, -0.15) is 5.26 Å². The Morgan fingerprint density at radius 3 is 2.85 bits per heavy atom. The molecule has 1 atom stereocenters. The normalized spacial score (nSPS) is 16.7. The lowest BCUT2D eigenvalue weighted by molar-refractivity contribution is 0.528. The van der Waals surface area contributed by atoms with Crippen molar-refractivity contribution in [3.8, 4) is 6.07 Å². The number of fused-ring (bicyclic) bond motifs is 1. The molecule has 3 rings (SSSR count). The molecule has 1 aliphatic rings. The molecule has 0 amide bonds. The van der Waals surface area contributed by atoms with Crippen LogP contribution in [0, 0.1) is 18.3 Å². The lowest BCUT2D eigenvalue weighted by atomic mass is 10.1. The van der Waals surface area contributed by atoms with Gasteiger partial charge in [0.2, 0.25) is 0 Å². The Kier molecular flexibility index (Phi) is 3.49. The standard InChI is InChI=1S/C17H17N3/c1-12-2-5-16(19-10-12)11-20-17-7-14-4-3-13(9-18)6-15(14)8-17/h2-6,10,17,20H,7-8,11H2,1H3. The molecule has 0 fully saturated rings. The van der Waals surface area contributed by atoms with E-state index in [1.807, 2.05) is 25.3 Å². The van der Waals surface area contributed by atoms with Crippen molar-refractivity contribution in [3.63, 3.8) is 0 Å². The summed E-state index contributed by atoms with van der Waals surface area (Å²) >= 11 is 0. The van der Waals surface area contributed by atoms with Crippen LogP contribution >= 0.6 is 0 Å². The van der Waals surface area contributed by atoms with Crippen LogP contribution in [0.3, 0.4) is 0 Å². The SMILES string of the molecule is Cc1ccc(CNC2Cc3ccc(C#N)cc3C2)nc1. The average molecular weight is 263 g/mol. The Bertz CT molecular complexity index is 653. The van der Waals surface area contributed by atoms with E-state index in [2.05, 4.69) is 34.6 Å². The van der Waals surface area contributed by atoms with Gasteiger partial charge in [-0.05, 0) is 54.7 Å². The second-order valence-electron chi connectivity index (χ2n) is 5.41. The Morgan fingerprint density at radius 2 is 2.10 bits per heavy atom. The molecule has 1 N–H and O–H groups in total. The maximum Gasteiger partial charge on any atom is 0.0991 e. The molecule has 100 valence electrons. The van der Waals surface area contributed by atoms with E-state index in [0.29, 0.717) is 6.04 Å². The molecule has 1 aromatic heterocycles. The summed E-state index contributed by atoms with van der Waals surface area (Å²) in [6, 6.07) is 12.8. The summed E-state index contributed by atoms with van der Waals surface area (Å²) in [4.78, 5) is 4.41. The molecular weight excluding hydrogens is 246 g/mol. The molecule has 0 radical (unpaired) electrons. The van der Waals surface area contributed by atoms with Gasteiger partial charge in [0.05, 0.1) is 17.3 Å². The monoisotopic (exact) mass is 263 g/mol. The summed E-state index contributed by atoms with van der Waals surface area (Å²) in [7, 11) is 0. The third kappa shape index (κ3) is 2.71. The highest BCUT2D eigenvalue weighted by atomic mass is 14.9. The number of rotatable bonds is 3. The highest BCUT2D eigenvalue weighted by Gasteiger charge is 2.21. The highest BCUT2D eigenvalue weighted by Crippen LogP contribution is 2.23. The zero-order valence-electron chi connectivity index (χ0n) is 11.6. The molecule has 1 heterocycles. The first-order valence-electron chi connectivity index (χ1n) is 6.91. The summed E-state index contributed by atoms with van der Waals surface area (Å²) in [5.41, 5.74) is 5.68. The lowest BCUT2D eigenvalue weighted by Gasteiger charge is -2.11. The fraction of sp³-hybridized carbons (Fsp3) is 0.294. The van der Waals surface area contributed by atoms with Gasteiger partial charge in [0.15, 0.2) is 0 Å². The van der Waals surface area contributed by atoms with Crippen molar-refractivity contribution in [3.05, 3.63) is 64.5 Å². The fourth-order valence-electron chi connectivity index (χ4n) is 2.68. The van der Waals surface area contributed by atoms with Crippen LogP contribution in [0.25, 0.3) is 0 Å². The minimum absolute atomic E-state index is 0.446. The van der Waals surface area contributed by atoms with Gasteiger partial charge in [0, 0.05) is 18.8 Å². The number of nitrogens with one attached hydrogen (secondary N) is 1. The van der Waals surface area contributed by atoms with Gasteiger partial charge < -0.3 is 5.32 Å². The number of aryl methyl sites for hydroxylation is 1. The molecule has 0 spiro atoms. The van der Waals surface area contributed by atoms with E-state index in [1.165, 1.54) is 16.7 Å². The molecule has 0 aliphatic heterocycles. The Morgan fingerprint density at radius 1 is 1.25 bits per heavy atom. The average Bonchev–Trinajstić information content (AvgIpc) is 2.88. The third-order valence-corrected chi connectivity index (χ3v) is 3.81. The van der Waals surface area contributed by atoms with E-state index in [1.54, 1.807) is 0 Å². The minimum Gasteiger partial charge on any atom is -0.308 e. The Labute approximate surface area is 119 Å². The second kappa shape index (κ2) is 5.44. The summed E-state index contributed by atoms with van der Waals surface area (Å²) < 4.78 is 0. The first-order valence-corrected chi connectivity index (χ1v) is 6.91.